The Morgan fingerprint density at radius 3 is 2.83 bits per heavy atom. The van der Waals surface area contributed by atoms with Crippen LogP contribution in [-0.2, 0) is 4.74 Å². The fourth-order valence-corrected chi connectivity index (χ4v) is 3.44. The summed E-state index contributed by atoms with van der Waals surface area (Å²) in [7, 11) is 0. The Kier molecular flexibility index (Phi) is 5.03. The molecule has 0 atom stereocenters. The molecule has 2 aromatic rings. The van der Waals surface area contributed by atoms with E-state index in [0.29, 0.717) is 25.3 Å². The van der Waals surface area contributed by atoms with Gasteiger partial charge >= 0.3 is 0 Å². The maximum Gasteiger partial charge on any atom is 0.219 e. The molecule has 0 amide bonds. The lowest BCUT2D eigenvalue weighted by atomic mass is 10.1. The lowest BCUT2D eigenvalue weighted by molar-refractivity contribution is 0.103. The Morgan fingerprint density at radius 2 is 2.17 bits per heavy atom. The van der Waals surface area contributed by atoms with Crippen LogP contribution in [0.25, 0.3) is 10.9 Å². The molecule has 0 unspecified atom stereocenters. The van der Waals surface area contributed by atoms with E-state index < -0.39 is 0 Å². The Hall–Kier alpha value is -2.10. The first-order valence-electron chi connectivity index (χ1n) is 7.94. The number of hydrogen-bond donors (Lipinski definition) is 1. The highest BCUT2D eigenvalue weighted by Gasteiger charge is 2.18. The van der Waals surface area contributed by atoms with Crippen LogP contribution in [0.4, 0.5) is 5.69 Å². The van der Waals surface area contributed by atoms with Crippen molar-refractivity contribution in [1.82, 2.24) is 4.98 Å². The third-order valence-electron chi connectivity index (χ3n) is 4.06. The van der Waals surface area contributed by atoms with Crippen LogP contribution in [0.5, 0.6) is 0 Å². The van der Waals surface area contributed by atoms with Gasteiger partial charge in [0.05, 0.1) is 30.2 Å². The summed E-state index contributed by atoms with van der Waals surface area (Å²) in [6.45, 7) is 5.03. The molecule has 6 heteroatoms. The smallest absolute Gasteiger partial charge is 0.219 e. The maximum absolute atomic E-state index is 12.4. The van der Waals surface area contributed by atoms with Crippen molar-refractivity contribution in [2.75, 3.05) is 31.2 Å². The van der Waals surface area contributed by atoms with Gasteiger partial charge in [-0.1, -0.05) is 13.0 Å². The van der Waals surface area contributed by atoms with E-state index in [1.54, 1.807) is 6.08 Å². The van der Waals surface area contributed by atoms with Crippen LogP contribution in [-0.4, -0.2) is 37.1 Å². The van der Waals surface area contributed by atoms with Crippen molar-refractivity contribution in [2.24, 2.45) is 0 Å². The van der Waals surface area contributed by atoms with Crippen molar-refractivity contribution in [3.05, 3.63) is 40.0 Å². The molecule has 1 aliphatic heterocycles. The molecule has 1 aromatic carbocycles. The van der Waals surface area contributed by atoms with E-state index in [9.17, 15) is 4.79 Å². The van der Waals surface area contributed by atoms with E-state index >= 15 is 0 Å². The van der Waals surface area contributed by atoms with Crippen molar-refractivity contribution in [2.45, 2.75) is 13.3 Å². The number of rotatable bonds is 4. The first-order valence-corrected chi connectivity index (χ1v) is 8.73. The van der Waals surface area contributed by atoms with Gasteiger partial charge in [-0.3, -0.25) is 4.79 Å². The summed E-state index contributed by atoms with van der Waals surface area (Å²) in [6, 6.07) is 7.84. The van der Waals surface area contributed by atoms with Crippen molar-refractivity contribution in [1.29, 1.82) is 5.26 Å². The molecule has 0 radical (unpaired) electrons. The number of benzene rings is 1. The first kappa shape index (κ1) is 16.7. The van der Waals surface area contributed by atoms with E-state index in [4.69, 9.17) is 10.00 Å². The molecule has 1 fully saturated rings. The number of anilines is 1. The van der Waals surface area contributed by atoms with Crippen LogP contribution in [0.3, 0.4) is 0 Å². The molecule has 1 N–H and O–H groups in total. The third kappa shape index (κ3) is 3.23. The number of ether oxygens (including phenoxy) is 1. The fourth-order valence-electron chi connectivity index (χ4n) is 2.85. The summed E-state index contributed by atoms with van der Waals surface area (Å²) in [4.78, 5) is 17.8. The summed E-state index contributed by atoms with van der Waals surface area (Å²) in [6.07, 6.45) is 2.31. The van der Waals surface area contributed by atoms with E-state index in [2.05, 4.69) is 31.9 Å². The van der Waals surface area contributed by atoms with Crippen LogP contribution in [0, 0.1) is 11.3 Å². The SMILES string of the molecule is CC/C=C(\C#N)C(=O)c1cc2cc(N3CCOCC3)c(Br)cc2[nH]1. The lowest BCUT2D eigenvalue weighted by Crippen LogP contribution is -2.36. The second kappa shape index (κ2) is 7.20. The second-order valence-electron chi connectivity index (χ2n) is 5.64. The average molecular weight is 388 g/mol. The largest absolute Gasteiger partial charge is 0.378 e. The highest BCUT2D eigenvalue weighted by atomic mass is 79.9. The van der Waals surface area contributed by atoms with Crippen molar-refractivity contribution >= 4 is 38.3 Å². The standard InChI is InChI=1S/C18H18BrN3O2/c1-2-3-12(11-20)18(23)16-8-13-9-17(14(19)10-15(13)21-16)22-4-6-24-7-5-22/h3,8-10,21H,2,4-7H2,1H3/b12-3+. The number of carbonyl (C=O) groups is 1. The molecule has 0 spiro atoms. The summed E-state index contributed by atoms with van der Waals surface area (Å²) >= 11 is 3.62. The highest BCUT2D eigenvalue weighted by Crippen LogP contribution is 2.32. The number of aromatic nitrogens is 1. The van der Waals surface area contributed by atoms with E-state index in [-0.39, 0.29) is 11.4 Å². The summed E-state index contributed by atoms with van der Waals surface area (Å²) in [5.74, 6) is -0.264. The number of carbonyl (C=O) groups excluding carboxylic acids is 1. The first-order chi connectivity index (χ1) is 11.6. The molecule has 1 aliphatic rings. The zero-order chi connectivity index (χ0) is 17.1. The monoisotopic (exact) mass is 387 g/mol. The number of nitrogens with zero attached hydrogens (tertiary/aromatic N) is 2. The minimum absolute atomic E-state index is 0.177. The molecule has 0 aliphatic carbocycles. The molecule has 2 heterocycles. The number of halogens is 1. The van der Waals surface area contributed by atoms with Crippen LogP contribution >= 0.6 is 15.9 Å². The quantitative estimate of drug-likeness (QED) is 0.491. The maximum atomic E-state index is 12.4. The number of nitriles is 1. The molecular formula is C18H18BrN3O2. The number of hydrogen-bond acceptors (Lipinski definition) is 4. The second-order valence-corrected chi connectivity index (χ2v) is 6.49. The lowest BCUT2D eigenvalue weighted by Gasteiger charge is -2.29. The highest BCUT2D eigenvalue weighted by molar-refractivity contribution is 9.10. The number of nitrogens with one attached hydrogen (secondary N) is 1. The number of aromatic amines is 1. The van der Waals surface area contributed by atoms with Gasteiger partial charge in [0, 0.05) is 28.5 Å². The van der Waals surface area contributed by atoms with E-state index in [1.807, 2.05) is 25.1 Å². The van der Waals surface area contributed by atoms with Crippen molar-refractivity contribution in [3.8, 4) is 6.07 Å². The number of morpholine rings is 1. The van der Waals surface area contributed by atoms with Crippen LogP contribution in [0.15, 0.2) is 34.3 Å². The van der Waals surface area contributed by atoms with Gasteiger partial charge in [-0.25, -0.2) is 0 Å². The van der Waals surface area contributed by atoms with E-state index in [1.165, 1.54) is 0 Å². The number of allylic oxidation sites excluding steroid dienone is 2. The van der Waals surface area contributed by atoms with Crippen LogP contribution in [0.1, 0.15) is 23.8 Å². The number of fused-ring (bicyclic) bond motifs is 1. The zero-order valence-corrected chi connectivity index (χ0v) is 15.0. The van der Waals surface area contributed by atoms with Crippen LogP contribution in [0.2, 0.25) is 0 Å². The van der Waals surface area contributed by atoms with Gasteiger partial charge in [0.2, 0.25) is 5.78 Å². The van der Waals surface area contributed by atoms with Gasteiger partial charge in [0.25, 0.3) is 0 Å². The third-order valence-corrected chi connectivity index (χ3v) is 4.69. The molecule has 0 saturated carbocycles. The number of H-pyrrole nitrogens is 1. The Balaban J connectivity index is 1.98. The predicted octanol–water partition coefficient (Wildman–Crippen LogP) is 3.81. The Morgan fingerprint density at radius 1 is 1.42 bits per heavy atom. The number of Topliss-reactive ketones (excluding diaryl/α,β-unsaturated/α-hetero) is 1. The molecule has 1 aromatic heterocycles. The van der Waals surface area contributed by atoms with Crippen LogP contribution < -0.4 is 4.90 Å². The van der Waals surface area contributed by atoms with Gasteiger partial charge in [0.15, 0.2) is 0 Å². The van der Waals surface area contributed by atoms with Gasteiger partial charge in [-0.15, -0.1) is 0 Å². The van der Waals surface area contributed by atoms with E-state index in [0.717, 1.165) is 34.2 Å². The van der Waals surface area contributed by atoms with Gasteiger partial charge < -0.3 is 14.6 Å². The molecule has 124 valence electrons. The summed E-state index contributed by atoms with van der Waals surface area (Å²) < 4.78 is 6.38. The normalized spacial score (nSPS) is 15.5. The number of ketones is 1. The predicted molar refractivity (Wildman–Crippen MR) is 97.3 cm³/mol. The molecule has 0 bridgehead atoms. The minimum atomic E-state index is -0.264. The van der Waals surface area contributed by atoms with Gasteiger partial charge in [-0.2, -0.15) is 5.26 Å². The van der Waals surface area contributed by atoms with Gasteiger partial charge in [-0.05, 0) is 40.5 Å². The Bertz CT molecular complexity index is 842. The summed E-state index contributed by atoms with van der Waals surface area (Å²) in [5.41, 5.74) is 2.58. The molecule has 24 heavy (non-hydrogen) atoms. The molecular weight excluding hydrogens is 370 g/mol. The Labute approximate surface area is 149 Å². The topological polar surface area (TPSA) is 69.1 Å². The zero-order valence-electron chi connectivity index (χ0n) is 13.4. The minimum Gasteiger partial charge on any atom is -0.378 e. The molecule has 5 nitrogen and oxygen atoms in total. The van der Waals surface area contributed by atoms with Gasteiger partial charge in [0.1, 0.15) is 6.07 Å². The van der Waals surface area contributed by atoms with Crippen molar-refractivity contribution in [3.63, 3.8) is 0 Å². The molecule has 3 rings (SSSR count). The summed E-state index contributed by atoms with van der Waals surface area (Å²) in [5, 5.41) is 10.1. The fraction of sp³-hybridized carbons (Fsp3) is 0.333. The van der Waals surface area contributed by atoms with Crippen molar-refractivity contribution < 1.29 is 9.53 Å². The average Bonchev–Trinajstić information content (AvgIpc) is 3.02. The molecule has 1 saturated heterocycles.